The van der Waals surface area contributed by atoms with Crippen LogP contribution < -0.4 is 47.1 Å². The Morgan fingerprint density at radius 1 is 0.569 bits per heavy atom. The predicted octanol–water partition coefficient (Wildman–Crippen LogP) is 0.253. The molecular weight excluding hydrogens is 886 g/mol. The van der Waals surface area contributed by atoms with Crippen molar-refractivity contribution >= 4 is 84.2 Å². The van der Waals surface area contributed by atoms with Crippen LogP contribution in [-0.2, 0) is 34.4 Å². The normalized spacial score (nSPS) is 22.1. The van der Waals surface area contributed by atoms with E-state index in [1.807, 2.05) is 30.3 Å². The average Bonchev–Trinajstić information content (AvgIpc) is 3.70. The quantitative estimate of drug-likeness (QED) is 0.104. The maximum Gasteiger partial charge on any atom is 0.322 e. The first-order valence-electron chi connectivity index (χ1n) is 16.6. The van der Waals surface area contributed by atoms with Crippen molar-refractivity contribution in [3.8, 4) is 11.8 Å². The summed E-state index contributed by atoms with van der Waals surface area (Å²) < 4.78 is 54.4. The maximum atomic E-state index is 12.4. The Kier molecular flexibility index (Phi) is 15.3. The van der Waals surface area contributed by atoms with E-state index in [9.17, 15) is 45.6 Å². The molecule has 0 bridgehead atoms. The van der Waals surface area contributed by atoms with Crippen LogP contribution in [0, 0.1) is 11.8 Å². The number of nitrogens with two attached hydrogens (primary N) is 1. The van der Waals surface area contributed by atoms with Gasteiger partial charge in [-0.2, -0.15) is 0 Å². The molecule has 19 nitrogen and oxygen atoms in total. The zero-order chi connectivity index (χ0) is 42.2. The van der Waals surface area contributed by atoms with Gasteiger partial charge in [0, 0.05) is 35.2 Å². The van der Waals surface area contributed by atoms with E-state index in [2.05, 4.69) is 69.1 Å². The van der Waals surface area contributed by atoms with E-state index in [-0.39, 0.29) is 47.7 Å². The van der Waals surface area contributed by atoms with Gasteiger partial charge >= 0.3 is 18.1 Å². The van der Waals surface area contributed by atoms with Gasteiger partial charge in [0.05, 0.1) is 9.79 Å². The number of carbonyl (C=O) groups excluding carboxylic acids is 6. The fraction of sp³-hybridized carbons (Fsp3) is 0.257. The minimum atomic E-state index is -3.84. The molecule has 0 aromatic heterocycles. The maximum absolute atomic E-state index is 12.4. The number of rotatable bonds is 9. The first kappa shape index (κ1) is 47.0. The van der Waals surface area contributed by atoms with Gasteiger partial charge in [0.15, 0.2) is 0 Å². The Labute approximate surface area is 348 Å². The number of imide groups is 3. The second-order valence-corrected chi connectivity index (χ2v) is 17.6. The lowest BCUT2D eigenvalue weighted by atomic mass is 10.0. The number of benzene rings is 3. The first-order chi connectivity index (χ1) is 26.6. The van der Waals surface area contributed by atoms with Gasteiger partial charge in [0.25, 0.3) is 17.7 Å². The molecule has 3 heterocycles. The van der Waals surface area contributed by atoms with Gasteiger partial charge in [-0.3, -0.25) is 30.3 Å². The van der Waals surface area contributed by atoms with Crippen LogP contribution in [0.1, 0.15) is 31.9 Å². The molecular formula is C35H39BrClN9O10S2. The summed E-state index contributed by atoms with van der Waals surface area (Å²) in [6.07, 6.45) is 0. The molecule has 23 heteroatoms. The standard InChI is InChI=1S/C19H17N3O4S.C11H12BrN3O4S.C5H9N3O2.ClH/c1-19(17(23)21-18(24)22-19)13-20-27(25,26)16-11-9-15(10-12-16)8-7-14-5-3-2-4-6-14;1-11(9(16)14-10(17)15-11)6-13-20(18,19)8-4-2-7(12)3-5-8;1-5(2-6)3(9)7-4(10)8-5;/h2-6,9-12,20H,13H2,1H3,(H2,21,22,23,24);2-5,13H,6H2,1H3,(H2,14,15,16,17);2,6H2,1H3,(H2,7,8,9,10);1H. The van der Waals surface area contributed by atoms with Crippen molar-refractivity contribution in [1.29, 1.82) is 0 Å². The minimum Gasteiger partial charge on any atom is -0.328 e. The van der Waals surface area contributed by atoms with Crippen molar-refractivity contribution in [2.75, 3.05) is 19.6 Å². The summed E-state index contributed by atoms with van der Waals surface area (Å²) in [5.74, 6) is 4.45. The van der Waals surface area contributed by atoms with Crippen molar-refractivity contribution in [1.82, 2.24) is 41.3 Å². The Morgan fingerprint density at radius 2 is 0.914 bits per heavy atom. The molecule has 3 aliphatic heterocycles. The summed E-state index contributed by atoms with van der Waals surface area (Å²) in [7, 11) is -7.59. The van der Waals surface area contributed by atoms with Crippen LogP contribution in [0.2, 0.25) is 0 Å². The van der Waals surface area contributed by atoms with Gasteiger partial charge in [-0.15, -0.1) is 12.4 Å². The smallest absolute Gasteiger partial charge is 0.322 e. The minimum absolute atomic E-state index is 0. The lowest BCUT2D eigenvalue weighted by molar-refractivity contribution is -0.123. The van der Waals surface area contributed by atoms with Crippen LogP contribution in [0.25, 0.3) is 0 Å². The van der Waals surface area contributed by atoms with Gasteiger partial charge in [-0.25, -0.2) is 40.7 Å². The molecule has 3 aromatic carbocycles. The summed E-state index contributed by atoms with van der Waals surface area (Å²) in [6.45, 7) is 4.08. The van der Waals surface area contributed by atoms with Gasteiger partial charge in [-0.05, 0) is 81.4 Å². The van der Waals surface area contributed by atoms with E-state index in [1.165, 1.54) is 38.1 Å². The van der Waals surface area contributed by atoms with Crippen molar-refractivity contribution in [2.24, 2.45) is 5.73 Å². The van der Waals surface area contributed by atoms with Gasteiger partial charge in [-0.1, -0.05) is 46.0 Å². The summed E-state index contributed by atoms with van der Waals surface area (Å²) in [5.41, 5.74) is 3.25. The van der Waals surface area contributed by atoms with Crippen molar-refractivity contribution < 1.29 is 45.6 Å². The molecule has 0 spiro atoms. The van der Waals surface area contributed by atoms with E-state index in [0.29, 0.717) is 5.56 Å². The summed E-state index contributed by atoms with van der Waals surface area (Å²) in [6, 6.07) is 19.8. The van der Waals surface area contributed by atoms with Gasteiger partial charge in [0.1, 0.15) is 16.6 Å². The lowest BCUT2D eigenvalue weighted by Crippen LogP contribution is -2.52. The second-order valence-electron chi connectivity index (χ2n) is 13.2. The number of carbonyl (C=O) groups is 6. The Hall–Kier alpha value is -5.41. The highest BCUT2D eigenvalue weighted by molar-refractivity contribution is 9.10. The third-order valence-corrected chi connectivity index (χ3v) is 11.8. The third kappa shape index (κ3) is 12.1. The monoisotopic (exact) mass is 923 g/mol. The number of halogens is 2. The summed E-state index contributed by atoms with van der Waals surface area (Å²) in [4.78, 5) is 67.1. The highest BCUT2D eigenvalue weighted by Crippen LogP contribution is 2.17. The molecule has 6 rings (SSSR count). The highest BCUT2D eigenvalue weighted by Gasteiger charge is 2.44. The van der Waals surface area contributed by atoms with Crippen LogP contribution in [0.5, 0.6) is 0 Å². The van der Waals surface area contributed by atoms with E-state index >= 15 is 0 Å². The van der Waals surface area contributed by atoms with Crippen LogP contribution >= 0.6 is 28.3 Å². The number of hydrogen-bond acceptors (Lipinski definition) is 11. The summed E-state index contributed by atoms with van der Waals surface area (Å²) in [5, 5.41) is 13.4. The Morgan fingerprint density at radius 3 is 1.24 bits per heavy atom. The fourth-order valence-electron chi connectivity index (χ4n) is 4.77. The Balaban J connectivity index is 0.000000254. The number of urea groups is 3. The molecule has 0 aliphatic carbocycles. The van der Waals surface area contributed by atoms with Crippen LogP contribution in [0.3, 0.4) is 0 Å². The highest BCUT2D eigenvalue weighted by atomic mass is 79.9. The third-order valence-electron chi connectivity index (χ3n) is 8.41. The number of nitrogens with one attached hydrogen (secondary N) is 8. The molecule has 3 aliphatic rings. The molecule has 0 saturated carbocycles. The molecule has 3 atom stereocenters. The topological polar surface area (TPSA) is 293 Å². The fourth-order valence-corrected chi connectivity index (χ4v) is 7.32. The molecule has 9 amide bonds. The lowest BCUT2D eigenvalue weighted by Gasteiger charge is -2.20. The van der Waals surface area contributed by atoms with E-state index in [4.69, 9.17) is 5.73 Å². The molecule has 3 aromatic rings. The average molecular weight is 925 g/mol. The molecule has 0 radical (unpaired) electrons. The van der Waals surface area contributed by atoms with Crippen LogP contribution in [0.15, 0.2) is 93.1 Å². The van der Waals surface area contributed by atoms with Crippen molar-refractivity contribution in [3.05, 3.63) is 94.5 Å². The summed E-state index contributed by atoms with van der Waals surface area (Å²) >= 11 is 3.21. The molecule has 3 fully saturated rings. The van der Waals surface area contributed by atoms with Crippen molar-refractivity contribution in [3.63, 3.8) is 0 Å². The molecule has 3 unspecified atom stereocenters. The molecule has 3 saturated heterocycles. The molecule has 310 valence electrons. The predicted molar refractivity (Wildman–Crippen MR) is 215 cm³/mol. The van der Waals surface area contributed by atoms with Gasteiger partial charge < -0.3 is 21.7 Å². The zero-order valence-electron chi connectivity index (χ0n) is 30.9. The number of hydrogen-bond donors (Lipinski definition) is 9. The first-order valence-corrected chi connectivity index (χ1v) is 20.4. The van der Waals surface area contributed by atoms with Gasteiger partial charge in [0.2, 0.25) is 20.0 Å². The van der Waals surface area contributed by atoms with E-state index < -0.39 is 66.6 Å². The van der Waals surface area contributed by atoms with E-state index in [0.717, 1.165) is 10.0 Å². The van der Waals surface area contributed by atoms with E-state index in [1.54, 1.807) is 31.2 Å². The SMILES string of the molecule is CC1(CN)NC(=O)NC1=O.CC1(CNS(=O)(=O)c2ccc(Br)cc2)NC(=O)NC1=O.CC1(CNS(=O)(=O)c2ccc(C#Cc3ccccc3)cc2)NC(=O)NC1=O.Cl. The van der Waals surface area contributed by atoms with Crippen molar-refractivity contribution in [2.45, 2.75) is 47.2 Å². The largest absolute Gasteiger partial charge is 0.328 e. The molecule has 10 N–H and O–H groups in total. The second kappa shape index (κ2) is 18.9. The Bertz CT molecular complexity index is 2360. The zero-order valence-corrected chi connectivity index (χ0v) is 34.9. The van der Waals surface area contributed by atoms with Crippen LogP contribution in [0.4, 0.5) is 14.4 Å². The number of sulfonamides is 2. The molecule has 58 heavy (non-hydrogen) atoms. The van der Waals surface area contributed by atoms with Crippen LogP contribution in [-0.4, -0.2) is 88.9 Å². The number of amides is 9.